The van der Waals surface area contributed by atoms with Crippen molar-refractivity contribution in [2.45, 2.75) is 45.6 Å². The van der Waals surface area contributed by atoms with E-state index in [2.05, 4.69) is 47.6 Å². The number of hydrogen-bond acceptors (Lipinski definition) is 3. The fourth-order valence-electron chi connectivity index (χ4n) is 3.14. The van der Waals surface area contributed by atoms with Gasteiger partial charge in [-0.1, -0.05) is 44.5 Å². The van der Waals surface area contributed by atoms with E-state index in [9.17, 15) is 9.59 Å². The van der Waals surface area contributed by atoms with E-state index in [1.807, 2.05) is 6.07 Å². The van der Waals surface area contributed by atoms with E-state index in [0.717, 1.165) is 32.2 Å². The van der Waals surface area contributed by atoms with Crippen LogP contribution in [0.4, 0.5) is 4.79 Å². The highest BCUT2D eigenvalue weighted by Gasteiger charge is 2.27. The Labute approximate surface area is 138 Å². The molecule has 0 aliphatic carbocycles. The first-order valence-electron chi connectivity index (χ1n) is 8.55. The van der Waals surface area contributed by atoms with Crippen molar-refractivity contribution in [1.82, 2.24) is 15.5 Å². The first-order chi connectivity index (χ1) is 11.2. The van der Waals surface area contributed by atoms with Gasteiger partial charge < -0.3 is 5.32 Å². The third kappa shape index (κ3) is 4.79. The van der Waals surface area contributed by atoms with Crippen molar-refractivity contribution in [3.05, 3.63) is 35.4 Å². The maximum atomic E-state index is 12.1. The molecule has 0 fully saturated rings. The molecule has 5 nitrogen and oxygen atoms in total. The summed E-state index contributed by atoms with van der Waals surface area (Å²) in [5, 5.41) is 5.13. The van der Waals surface area contributed by atoms with Gasteiger partial charge in [-0.25, -0.2) is 4.79 Å². The van der Waals surface area contributed by atoms with Crippen LogP contribution >= 0.6 is 0 Å². The van der Waals surface area contributed by atoms with Gasteiger partial charge in [0.25, 0.3) is 0 Å². The zero-order chi connectivity index (χ0) is 16.7. The normalized spacial score (nSPS) is 17.4. The van der Waals surface area contributed by atoms with E-state index in [-0.39, 0.29) is 18.5 Å². The van der Waals surface area contributed by atoms with Crippen LogP contribution in [0, 0.1) is 0 Å². The van der Waals surface area contributed by atoms with Gasteiger partial charge in [0, 0.05) is 19.1 Å². The van der Waals surface area contributed by atoms with Crippen molar-refractivity contribution >= 4 is 11.9 Å². The number of urea groups is 1. The molecular formula is C18H27N3O2. The largest absolute Gasteiger partial charge is 0.338 e. The quantitative estimate of drug-likeness (QED) is 0.793. The summed E-state index contributed by atoms with van der Waals surface area (Å²) in [6, 6.07) is 8.27. The average Bonchev–Trinajstić information content (AvgIpc) is 2.54. The zero-order valence-corrected chi connectivity index (χ0v) is 14.1. The summed E-state index contributed by atoms with van der Waals surface area (Å²) in [6.45, 7) is 5.90. The lowest BCUT2D eigenvalue weighted by molar-refractivity contribution is -0.121. The van der Waals surface area contributed by atoms with Crippen LogP contribution in [0.2, 0.25) is 0 Å². The van der Waals surface area contributed by atoms with E-state index in [4.69, 9.17) is 0 Å². The number of hydrogen-bond donors (Lipinski definition) is 2. The van der Waals surface area contributed by atoms with Crippen molar-refractivity contribution in [3.63, 3.8) is 0 Å². The predicted octanol–water partition coefficient (Wildman–Crippen LogP) is 2.62. The molecule has 0 saturated heterocycles. The van der Waals surface area contributed by atoms with Crippen molar-refractivity contribution in [1.29, 1.82) is 0 Å². The molecule has 5 heteroatoms. The Morgan fingerprint density at radius 1 is 1.26 bits per heavy atom. The van der Waals surface area contributed by atoms with E-state index in [0.29, 0.717) is 6.54 Å². The maximum Gasteiger partial charge on any atom is 0.321 e. The Kier molecular flexibility index (Phi) is 6.59. The van der Waals surface area contributed by atoms with Crippen LogP contribution in [-0.2, 0) is 11.2 Å². The van der Waals surface area contributed by atoms with Gasteiger partial charge in [-0.2, -0.15) is 0 Å². The number of benzene rings is 1. The van der Waals surface area contributed by atoms with Crippen LogP contribution in [0.15, 0.2) is 24.3 Å². The number of carbonyl (C=O) groups is 2. The molecule has 0 bridgehead atoms. The number of unbranched alkanes of at least 4 members (excludes halogenated alkanes) is 1. The summed E-state index contributed by atoms with van der Waals surface area (Å²) >= 11 is 0. The van der Waals surface area contributed by atoms with Gasteiger partial charge in [0.05, 0.1) is 6.54 Å². The van der Waals surface area contributed by atoms with Crippen molar-refractivity contribution in [2.75, 3.05) is 19.6 Å². The maximum absolute atomic E-state index is 12.1. The molecule has 23 heavy (non-hydrogen) atoms. The third-order valence-corrected chi connectivity index (χ3v) is 4.33. The smallest absolute Gasteiger partial charge is 0.321 e. The molecule has 1 aromatic carbocycles. The molecule has 2 rings (SSSR count). The molecule has 3 amide bonds. The molecule has 0 spiro atoms. The number of amides is 3. The fourth-order valence-corrected chi connectivity index (χ4v) is 3.14. The predicted molar refractivity (Wildman–Crippen MR) is 91.2 cm³/mol. The Bertz CT molecular complexity index is 545. The average molecular weight is 317 g/mol. The highest BCUT2D eigenvalue weighted by atomic mass is 16.2. The molecular weight excluding hydrogens is 290 g/mol. The highest BCUT2D eigenvalue weighted by molar-refractivity contribution is 5.95. The highest BCUT2D eigenvalue weighted by Crippen LogP contribution is 2.31. The summed E-state index contributed by atoms with van der Waals surface area (Å²) in [5.41, 5.74) is 2.68. The number of rotatable bonds is 6. The molecule has 1 aliphatic heterocycles. The summed E-state index contributed by atoms with van der Waals surface area (Å²) < 4.78 is 0. The van der Waals surface area contributed by atoms with Crippen molar-refractivity contribution in [2.24, 2.45) is 0 Å². The van der Waals surface area contributed by atoms with Crippen LogP contribution in [0.25, 0.3) is 0 Å². The van der Waals surface area contributed by atoms with Gasteiger partial charge in [-0.3, -0.25) is 15.0 Å². The second-order valence-electron chi connectivity index (χ2n) is 6.00. The van der Waals surface area contributed by atoms with E-state index < -0.39 is 6.03 Å². The number of nitrogens with zero attached hydrogens (tertiary/aromatic N) is 1. The van der Waals surface area contributed by atoms with E-state index >= 15 is 0 Å². The van der Waals surface area contributed by atoms with Gasteiger partial charge in [0.2, 0.25) is 5.91 Å². The molecule has 1 unspecified atom stereocenters. The first kappa shape index (κ1) is 17.5. The number of imide groups is 1. The van der Waals surface area contributed by atoms with Crippen molar-refractivity contribution < 1.29 is 9.59 Å². The lowest BCUT2D eigenvalue weighted by Crippen LogP contribution is -2.47. The lowest BCUT2D eigenvalue weighted by Gasteiger charge is -2.36. The lowest BCUT2D eigenvalue weighted by atomic mass is 9.91. The molecule has 0 saturated carbocycles. The Hall–Kier alpha value is -1.88. The zero-order valence-electron chi connectivity index (χ0n) is 14.1. The summed E-state index contributed by atoms with van der Waals surface area (Å²) in [6.07, 6.45) is 3.83. The Morgan fingerprint density at radius 3 is 2.78 bits per heavy atom. The van der Waals surface area contributed by atoms with Crippen molar-refractivity contribution in [3.8, 4) is 0 Å². The fraction of sp³-hybridized carbons (Fsp3) is 0.556. The number of fused-ring (bicyclic) bond motifs is 1. The van der Waals surface area contributed by atoms with Gasteiger partial charge in [-0.15, -0.1) is 0 Å². The number of nitrogens with one attached hydrogen (secondary N) is 2. The minimum atomic E-state index is -0.395. The topological polar surface area (TPSA) is 61.4 Å². The van der Waals surface area contributed by atoms with E-state index in [1.54, 1.807) is 0 Å². The van der Waals surface area contributed by atoms with Gasteiger partial charge >= 0.3 is 6.03 Å². The van der Waals surface area contributed by atoms with Gasteiger partial charge in [0.15, 0.2) is 0 Å². The standard InChI is InChI=1S/C18H27N3O2/c1-3-5-11-19-18(23)20-17(22)13-21-12-10-14-8-6-7-9-15(14)16(21)4-2/h6-9,16H,3-5,10-13H2,1-2H3,(H2,19,20,22,23). The van der Waals surface area contributed by atoms with E-state index in [1.165, 1.54) is 11.1 Å². The monoisotopic (exact) mass is 317 g/mol. The van der Waals surface area contributed by atoms with Gasteiger partial charge in [0.1, 0.15) is 0 Å². The Balaban J connectivity index is 1.90. The molecule has 1 heterocycles. The minimum absolute atomic E-state index is 0.239. The molecule has 0 aromatic heterocycles. The van der Waals surface area contributed by atoms with Crippen LogP contribution < -0.4 is 10.6 Å². The summed E-state index contributed by atoms with van der Waals surface area (Å²) in [5.74, 6) is -0.239. The molecule has 126 valence electrons. The van der Waals surface area contributed by atoms with Crippen LogP contribution in [0.5, 0.6) is 0 Å². The summed E-state index contributed by atoms with van der Waals surface area (Å²) in [4.78, 5) is 25.9. The second-order valence-corrected chi connectivity index (χ2v) is 6.00. The van der Waals surface area contributed by atoms with Crippen LogP contribution in [-0.4, -0.2) is 36.5 Å². The molecule has 1 aliphatic rings. The van der Waals surface area contributed by atoms with Gasteiger partial charge in [-0.05, 0) is 30.4 Å². The number of carbonyl (C=O) groups excluding carboxylic acids is 2. The summed E-state index contributed by atoms with van der Waals surface area (Å²) in [7, 11) is 0. The first-order valence-corrected chi connectivity index (χ1v) is 8.55. The van der Waals surface area contributed by atoms with Crippen LogP contribution in [0.1, 0.15) is 50.3 Å². The molecule has 1 atom stereocenters. The van der Waals surface area contributed by atoms with Crippen LogP contribution in [0.3, 0.4) is 0 Å². The minimum Gasteiger partial charge on any atom is -0.338 e. The third-order valence-electron chi connectivity index (χ3n) is 4.33. The SMILES string of the molecule is CCCCNC(=O)NC(=O)CN1CCc2ccccc2C1CC. The molecule has 0 radical (unpaired) electrons. The molecule has 2 N–H and O–H groups in total. The Morgan fingerprint density at radius 2 is 2.04 bits per heavy atom. The second kappa shape index (κ2) is 8.67. The molecule has 1 aromatic rings.